The molecule has 5 nitrogen and oxygen atoms in total. The molecule has 0 amide bonds. The number of ether oxygens (including phenoxy) is 1. The van der Waals surface area contributed by atoms with Crippen molar-refractivity contribution >= 4 is 0 Å². The minimum atomic E-state index is -0.372. The smallest absolute Gasteiger partial charge is 0.328 e. The van der Waals surface area contributed by atoms with E-state index in [9.17, 15) is 9.59 Å². The maximum Gasteiger partial charge on any atom is 0.328 e. The average molecular weight is 184 g/mol. The van der Waals surface area contributed by atoms with Crippen LogP contribution in [-0.4, -0.2) is 23.3 Å². The number of hydrogen-bond acceptors (Lipinski definition) is 3. The highest BCUT2D eigenvalue weighted by molar-refractivity contribution is 4.82. The van der Waals surface area contributed by atoms with Gasteiger partial charge >= 0.3 is 5.69 Å². The quantitative estimate of drug-likeness (QED) is 0.646. The second-order valence-corrected chi connectivity index (χ2v) is 2.62. The second-order valence-electron chi connectivity index (χ2n) is 2.62. The van der Waals surface area contributed by atoms with Crippen molar-refractivity contribution in [1.29, 1.82) is 0 Å². The molecule has 0 fully saturated rings. The van der Waals surface area contributed by atoms with Crippen LogP contribution in [0.3, 0.4) is 0 Å². The van der Waals surface area contributed by atoms with Crippen LogP contribution >= 0.6 is 0 Å². The van der Waals surface area contributed by atoms with E-state index in [0.29, 0.717) is 19.6 Å². The van der Waals surface area contributed by atoms with Crippen LogP contribution in [-0.2, 0) is 11.3 Å². The van der Waals surface area contributed by atoms with E-state index < -0.39 is 0 Å². The summed E-state index contributed by atoms with van der Waals surface area (Å²) in [5, 5.41) is 0. The molecule has 1 N–H and O–H groups in total. The molecular weight excluding hydrogens is 172 g/mol. The Morgan fingerprint density at radius 2 is 2.31 bits per heavy atom. The van der Waals surface area contributed by atoms with E-state index in [0.717, 1.165) is 4.57 Å². The Bertz CT molecular complexity index is 338. The van der Waals surface area contributed by atoms with Gasteiger partial charge in [0.25, 0.3) is 5.56 Å². The summed E-state index contributed by atoms with van der Waals surface area (Å²) in [6.45, 7) is 0.934. The van der Waals surface area contributed by atoms with E-state index >= 15 is 0 Å². The number of methoxy groups -OCH3 is 1. The monoisotopic (exact) mass is 184 g/mol. The maximum atomic E-state index is 11.1. The number of nitrogens with one attached hydrogen (secondary N) is 1. The molecule has 0 bridgehead atoms. The molecule has 1 heterocycles. The van der Waals surface area contributed by atoms with Crippen molar-refractivity contribution in [2.45, 2.75) is 13.0 Å². The Labute approximate surface area is 75.0 Å². The highest BCUT2D eigenvalue weighted by Crippen LogP contribution is 1.82. The summed E-state index contributed by atoms with van der Waals surface area (Å²) in [6.07, 6.45) is 2.00. The Morgan fingerprint density at radius 1 is 1.54 bits per heavy atom. The molecule has 0 saturated heterocycles. The Kier molecular flexibility index (Phi) is 3.45. The van der Waals surface area contributed by atoms with Crippen molar-refractivity contribution < 1.29 is 4.74 Å². The van der Waals surface area contributed by atoms with Crippen LogP contribution in [0.15, 0.2) is 21.9 Å². The summed E-state index contributed by atoms with van der Waals surface area (Å²) in [5.74, 6) is 0. The fourth-order valence-electron chi connectivity index (χ4n) is 1.03. The van der Waals surface area contributed by atoms with Crippen molar-refractivity contribution in [1.82, 2.24) is 9.55 Å². The molecule has 0 unspecified atom stereocenters. The molecule has 0 aliphatic rings. The zero-order valence-corrected chi connectivity index (χ0v) is 7.45. The average Bonchev–Trinajstić information content (AvgIpc) is 2.10. The minimum Gasteiger partial charge on any atom is -0.385 e. The van der Waals surface area contributed by atoms with E-state index in [1.165, 1.54) is 12.3 Å². The first-order chi connectivity index (χ1) is 6.25. The number of hydrogen-bond donors (Lipinski definition) is 1. The molecule has 5 heteroatoms. The van der Waals surface area contributed by atoms with Gasteiger partial charge in [-0.2, -0.15) is 0 Å². The van der Waals surface area contributed by atoms with E-state index in [1.807, 2.05) is 0 Å². The van der Waals surface area contributed by atoms with E-state index in [-0.39, 0.29) is 11.2 Å². The lowest BCUT2D eigenvalue weighted by molar-refractivity contribution is 0.189. The van der Waals surface area contributed by atoms with Crippen LogP contribution in [0.2, 0.25) is 0 Å². The van der Waals surface area contributed by atoms with Crippen LogP contribution in [0, 0.1) is 0 Å². The molecule has 0 saturated carbocycles. The fraction of sp³-hybridized carbons (Fsp3) is 0.500. The Hall–Kier alpha value is -1.36. The summed E-state index contributed by atoms with van der Waals surface area (Å²) >= 11 is 0. The minimum absolute atomic E-state index is 0.278. The molecule has 0 aliphatic heterocycles. The van der Waals surface area contributed by atoms with Crippen LogP contribution in [0.1, 0.15) is 6.42 Å². The number of aromatic amines is 1. The molecule has 0 aliphatic carbocycles. The first-order valence-electron chi connectivity index (χ1n) is 4.03. The molecule has 0 radical (unpaired) electrons. The number of aromatic nitrogens is 2. The molecule has 1 aromatic rings. The summed E-state index contributed by atoms with van der Waals surface area (Å²) in [6, 6.07) is 1.33. The van der Waals surface area contributed by atoms with Gasteiger partial charge in [0, 0.05) is 32.5 Å². The maximum absolute atomic E-state index is 11.1. The van der Waals surface area contributed by atoms with Gasteiger partial charge in [-0.3, -0.25) is 9.36 Å². The predicted molar refractivity (Wildman–Crippen MR) is 47.8 cm³/mol. The standard InChI is InChI=1S/C8H12N2O3/c1-13-6-2-5-10-7(11)3-4-9-8(10)12/h3-4H,2,5-6H2,1H3,(H,9,12). The Morgan fingerprint density at radius 3 is 2.92 bits per heavy atom. The molecule has 1 rings (SSSR count). The SMILES string of the molecule is COCCCn1c(=O)cc[nH]c1=O. The van der Waals surface area contributed by atoms with Crippen LogP contribution < -0.4 is 11.2 Å². The number of nitrogens with zero attached hydrogens (tertiary/aromatic N) is 1. The van der Waals surface area contributed by atoms with Gasteiger partial charge < -0.3 is 9.72 Å². The molecular formula is C8H12N2O3. The summed E-state index contributed by atoms with van der Waals surface area (Å²) in [7, 11) is 1.58. The van der Waals surface area contributed by atoms with Gasteiger partial charge in [-0.25, -0.2) is 4.79 Å². The third-order valence-electron chi connectivity index (χ3n) is 1.67. The van der Waals surface area contributed by atoms with Crippen molar-refractivity contribution in [3.05, 3.63) is 33.1 Å². The molecule has 72 valence electrons. The van der Waals surface area contributed by atoms with Gasteiger partial charge in [0.2, 0.25) is 0 Å². The fourth-order valence-corrected chi connectivity index (χ4v) is 1.03. The van der Waals surface area contributed by atoms with Crippen LogP contribution in [0.25, 0.3) is 0 Å². The highest BCUT2D eigenvalue weighted by atomic mass is 16.5. The van der Waals surface area contributed by atoms with E-state index in [2.05, 4.69) is 4.98 Å². The largest absolute Gasteiger partial charge is 0.385 e. The predicted octanol–water partition coefficient (Wildman–Crippen LogP) is -0.427. The van der Waals surface area contributed by atoms with Crippen molar-refractivity contribution in [3.8, 4) is 0 Å². The normalized spacial score (nSPS) is 10.2. The van der Waals surface area contributed by atoms with Gasteiger partial charge in [0.05, 0.1) is 0 Å². The van der Waals surface area contributed by atoms with Crippen molar-refractivity contribution in [3.63, 3.8) is 0 Å². The second kappa shape index (κ2) is 4.61. The lowest BCUT2D eigenvalue weighted by Gasteiger charge is -2.01. The van der Waals surface area contributed by atoms with Crippen LogP contribution in [0.5, 0.6) is 0 Å². The zero-order valence-electron chi connectivity index (χ0n) is 7.45. The molecule has 13 heavy (non-hydrogen) atoms. The van der Waals surface area contributed by atoms with Crippen molar-refractivity contribution in [2.75, 3.05) is 13.7 Å². The lowest BCUT2D eigenvalue weighted by atomic mass is 10.4. The van der Waals surface area contributed by atoms with Gasteiger partial charge in [-0.1, -0.05) is 0 Å². The van der Waals surface area contributed by atoms with E-state index in [1.54, 1.807) is 7.11 Å². The molecule has 1 aromatic heterocycles. The lowest BCUT2D eigenvalue weighted by Crippen LogP contribution is -2.34. The molecule has 0 atom stereocenters. The van der Waals surface area contributed by atoms with Gasteiger partial charge in [0.1, 0.15) is 0 Å². The number of H-pyrrole nitrogens is 1. The van der Waals surface area contributed by atoms with Gasteiger partial charge in [-0.15, -0.1) is 0 Å². The first kappa shape index (κ1) is 9.73. The van der Waals surface area contributed by atoms with Gasteiger partial charge in [-0.05, 0) is 6.42 Å². The zero-order chi connectivity index (χ0) is 9.68. The van der Waals surface area contributed by atoms with Crippen LogP contribution in [0.4, 0.5) is 0 Å². The first-order valence-corrected chi connectivity index (χ1v) is 4.03. The van der Waals surface area contributed by atoms with E-state index in [4.69, 9.17) is 4.74 Å². The topological polar surface area (TPSA) is 64.1 Å². The summed E-state index contributed by atoms with van der Waals surface area (Å²) in [4.78, 5) is 24.7. The Balaban J connectivity index is 2.76. The summed E-state index contributed by atoms with van der Waals surface area (Å²) < 4.78 is 5.97. The third-order valence-corrected chi connectivity index (χ3v) is 1.67. The number of rotatable bonds is 4. The highest BCUT2D eigenvalue weighted by Gasteiger charge is 1.98. The van der Waals surface area contributed by atoms with Crippen molar-refractivity contribution in [2.24, 2.45) is 0 Å². The summed E-state index contributed by atoms with van der Waals surface area (Å²) in [5.41, 5.74) is -0.650. The third kappa shape index (κ3) is 2.55. The molecule has 0 spiro atoms. The van der Waals surface area contributed by atoms with Gasteiger partial charge in [0.15, 0.2) is 0 Å². The molecule has 0 aromatic carbocycles.